The number of nitrogens with zero attached hydrogens (tertiary/aromatic N) is 2. The molecule has 0 aliphatic heterocycles. The minimum atomic E-state index is -0.417. The van der Waals surface area contributed by atoms with Crippen LogP contribution in [0.2, 0.25) is 5.15 Å². The maximum atomic E-state index is 12.0. The number of methoxy groups -OCH3 is 1. The number of unbranched alkanes of at least 4 members (excludes halogenated alkanes) is 1. The van der Waals surface area contributed by atoms with Crippen LogP contribution in [0, 0.1) is 0 Å². The molecular weight excluding hydrogens is 380 g/mol. The lowest BCUT2D eigenvalue weighted by molar-refractivity contribution is 0.0601. The van der Waals surface area contributed by atoms with Crippen LogP contribution in [-0.4, -0.2) is 27.7 Å². The number of halogens is 1. The highest BCUT2D eigenvalue weighted by molar-refractivity contribution is 6.30. The maximum Gasteiger partial charge on any atom is 0.338 e. The largest absolute Gasteiger partial charge is 0.465 e. The van der Waals surface area contributed by atoms with Gasteiger partial charge in [-0.1, -0.05) is 43.1 Å². The Morgan fingerprint density at radius 3 is 2.79 bits per heavy atom. The van der Waals surface area contributed by atoms with Crippen LogP contribution >= 0.6 is 11.6 Å². The van der Waals surface area contributed by atoms with E-state index >= 15 is 0 Å². The summed E-state index contributed by atoms with van der Waals surface area (Å²) >= 11 is 6.19. The zero-order valence-electron chi connectivity index (χ0n) is 15.9. The molecule has 6 nitrogen and oxygen atoms in total. The molecule has 3 aromatic rings. The Hall–Kier alpha value is -2.57. The Morgan fingerprint density at radius 1 is 1.29 bits per heavy atom. The molecule has 0 saturated carbocycles. The van der Waals surface area contributed by atoms with Gasteiger partial charge in [-0.05, 0) is 24.6 Å². The monoisotopic (exact) mass is 402 g/mol. The molecule has 148 valence electrons. The van der Waals surface area contributed by atoms with Crippen molar-refractivity contribution in [3.8, 4) is 11.3 Å². The number of ether oxygens (including phenoxy) is 1. The topological polar surface area (TPSA) is 77.5 Å². The minimum absolute atomic E-state index is 0.198. The molecule has 0 amide bonds. The molecule has 0 aliphatic rings. The Balaban J connectivity index is 1.92. The molecule has 0 atom stereocenters. The summed E-state index contributed by atoms with van der Waals surface area (Å²) in [5.41, 5.74) is 1.68. The molecule has 0 saturated heterocycles. The smallest absolute Gasteiger partial charge is 0.338 e. The van der Waals surface area contributed by atoms with Crippen LogP contribution in [-0.2, 0) is 24.3 Å². The molecule has 28 heavy (non-hydrogen) atoms. The van der Waals surface area contributed by atoms with Crippen LogP contribution in [0.5, 0.6) is 0 Å². The molecule has 3 rings (SSSR count). The van der Waals surface area contributed by atoms with Crippen LogP contribution in [0.15, 0.2) is 40.8 Å². The molecule has 0 radical (unpaired) electrons. The molecule has 2 heterocycles. The Bertz CT molecular complexity index is 961. The third-order valence-electron chi connectivity index (χ3n) is 4.58. The number of hydrogen-bond donors (Lipinski definition) is 1. The number of benzene rings is 1. The summed E-state index contributed by atoms with van der Waals surface area (Å²) in [5, 5.41) is 10.0. The van der Waals surface area contributed by atoms with Crippen LogP contribution in [0.3, 0.4) is 0 Å². The number of carbonyl (C=O) groups excluding carboxylic acids is 1. The number of hydrogen-bond acceptors (Lipinski definition) is 5. The van der Waals surface area contributed by atoms with Crippen LogP contribution in [0.25, 0.3) is 11.3 Å². The van der Waals surface area contributed by atoms with Crippen molar-refractivity contribution >= 4 is 17.6 Å². The average Bonchev–Trinajstić information content (AvgIpc) is 3.30. The Morgan fingerprint density at radius 2 is 2.07 bits per heavy atom. The van der Waals surface area contributed by atoms with Gasteiger partial charge in [0.1, 0.15) is 17.3 Å². The fourth-order valence-corrected chi connectivity index (χ4v) is 3.38. The van der Waals surface area contributed by atoms with Gasteiger partial charge in [0.2, 0.25) is 0 Å². The normalized spacial score (nSPS) is 11.0. The number of aromatic nitrogens is 2. The second kappa shape index (κ2) is 9.08. The molecule has 0 fully saturated rings. The summed E-state index contributed by atoms with van der Waals surface area (Å²) in [6.07, 6.45) is 2.79. The van der Waals surface area contributed by atoms with Crippen molar-refractivity contribution in [1.82, 2.24) is 9.55 Å². The van der Waals surface area contributed by atoms with E-state index in [9.17, 15) is 9.90 Å². The first-order valence-electron chi connectivity index (χ1n) is 9.20. The first kappa shape index (κ1) is 20.2. The molecule has 0 aliphatic carbocycles. The number of furan rings is 1. The van der Waals surface area contributed by atoms with E-state index in [0.29, 0.717) is 40.0 Å². The van der Waals surface area contributed by atoms with E-state index in [4.69, 9.17) is 20.8 Å². The van der Waals surface area contributed by atoms with Gasteiger partial charge in [-0.2, -0.15) is 0 Å². The van der Waals surface area contributed by atoms with Crippen molar-refractivity contribution in [1.29, 1.82) is 0 Å². The van der Waals surface area contributed by atoms with Gasteiger partial charge < -0.3 is 18.8 Å². The van der Waals surface area contributed by atoms with Gasteiger partial charge in [0.25, 0.3) is 0 Å². The molecule has 0 spiro atoms. The first-order valence-corrected chi connectivity index (χ1v) is 9.57. The number of aliphatic hydroxyl groups is 1. The first-order chi connectivity index (χ1) is 13.6. The lowest BCUT2D eigenvalue weighted by atomic mass is 10.1. The van der Waals surface area contributed by atoms with E-state index in [-0.39, 0.29) is 6.61 Å². The average molecular weight is 403 g/mol. The number of imidazole rings is 1. The highest BCUT2D eigenvalue weighted by atomic mass is 35.5. The van der Waals surface area contributed by atoms with Crippen molar-refractivity contribution in [2.24, 2.45) is 0 Å². The second-order valence-electron chi connectivity index (χ2n) is 6.42. The predicted octanol–water partition coefficient (Wildman–Crippen LogP) is 4.47. The summed E-state index contributed by atoms with van der Waals surface area (Å²) in [7, 11) is 1.35. The standard InChI is InChI=1S/C21H23ClN2O4/c1-3-4-9-19-23-20(22)17(13-25)24(19)12-14-10-11-18(28-14)15-7-5-6-8-16(15)21(26)27-2/h5-8,10-11,25H,3-4,9,12-13H2,1-2H3. The van der Waals surface area contributed by atoms with Crippen molar-refractivity contribution in [3.05, 3.63) is 64.4 Å². The SMILES string of the molecule is CCCCc1nc(Cl)c(CO)n1Cc1ccc(-c2ccccc2C(=O)OC)o1. The molecule has 0 bridgehead atoms. The van der Waals surface area contributed by atoms with Gasteiger partial charge in [-0.15, -0.1) is 0 Å². The quantitative estimate of drug-likeness (QED) is 0.562. The third kappa shape index (κ3) is 4.13. The number of carbonyl (C=O) groups is 1. The summed E-state index contributed by atoms with van der Waals surface area (Å²) in [6, 6.07) is 10.8. The van der Waals surface area contributed by atoms with Crippen molar-refractivity contribution in [2.45, 2.75) is 39.3 Å². The van der Waals surface area contributed by atoms with Gasteiger partial charge in [-0.25, -0.2) is 9.78 Å². The number of aliphatic hydroxyl groups excluding tert-OH is 1. The number of aryl methyl sites for hydroxylation is 1. The van der Waals surface area contributed by atoms with Crippen molar-refractivity contribution in [3.63, 3.8) is 0 Å². The van der Waals surface area contributed by atoms with E-state index in [1.165, 1.54) is 7.11 Å². The highest BCUT2D eigenvalue weighted by Crippen LogP contribution is 2.28. The summed E-state index contributed by atoms with van der Waals surface area (Å²) < 4.78 is 12.7. The fourth-order valence-electron chi connectivity index (χ4n) is 3.12. The summed E-state index contributed by atoms with van der Waals surface area (Å²) in [6.45, 7) is 2.31. The number of rotatable bonds is 8. The molecule has 1 N–H and O–H groups in total. The minimum Gasteiger partial charge on any atom is -0.465 e. The third-order valence-corrected chi connectivity index (χ3v) is 4.88. The Kier molecular flexibility index (Phi) is 6.54. The lowest BCUT2D eigenvalue weighted by Crippen LogP contribution is -2.08. The van der Waals surface area contributed by atoms with E-state index in [2.05, 4.69) is 11.9 Å². The maximum absolute atomic E-state index is 12.0. The highest BCUT2D eigenvalue weighted by Gasteiger charge is 2.18. The zero-order chi connectivity index (χ0) is 20.1. The Labute approximate surface area is 168 Å². The molecule has 7 heteroatoms. The van der Waals surface area contributed by atoms with Gasteiger partial charge in [0.05, 0.1) is 31.5 Å². The fraction of sp³-hybridized carbons (Fsp3) is 0.333. The molecular formula is C21H23ClN2O4. The van der Waals surface area contributed by atoms with Gasteiger partial charge >= 0.3 is 5.97 Å². The summed E-state index contributed by atoms with van der Waals surface area (Å²) in [5.74, 6) is 1.65. The number of esters is 1. The van der Waals surface area contributed by atoms with Gasteiger partial charge in [0.15, 0.2) is 5.15 Å². The molecule has 0 unspecified atom stereocenters. The lowest BCUT2D eigenvalue weighted by Gasteiger charge is -2.09. The predicted molar refractivity (Wildman–Crippen MR) is 106 cm³/mol. The van der Waals surface area contributed by atoms with E-state index in [1.807, 2.05) is 28.8 Å². The van der Waals surface area contributed by atoms with Crippen molar-refractivity contribution < 1.29 is 19.1 Å². The van der Waals surface area contributed by atoms with E-state index < -0.39 is 5.97 Å². The van der Waals surface area contributed by atoms with Gasteiger partial charge in [0, 0.05) is 12.0 Å². The second-order valence-corrected chi connectivity index (χ2v) is 6.77. The van der Waals surface area contributed by atoms with Crippen LogP contribution < -0.4 is 0 Å². The van der Waals surface area contributed by atoms with Crippen molar-refractivity contribution in [2.75, 3.05) is 7.11 Å². The zero-order valence-corrected chi connectivity index (χ0v) is 16.7. The van der Waals surface area contributed by atoms with E-state index in [0.717, 1.165) is 25.1 Å². The summed E-state index contributed by atoms with van der Waals surface area (Å²) in [4.78, 5) is 16.4. The molecule has 2 aromatic heterocycles. The molecule has 1 aromatic carbocycles. The van der Waals surface area contributed by atoms with Gasteiger partial charge in [-0.3, -0.25) is 0 Å². The van der Waals surface area contributed by atoms with Crippen LogP contribution in [0.4, 0.5) is 0 Å². The van der Waals surface area contributed by atoms with Crippen LogP contribution in [0.1, 0.15) is 47.4 Å². The van der Waals surface area contributed by atoms with E-state index in [1.54, 1.807) is 12.1 Å².